The molecule has 0 aliphatic carbocycles. The molecule has 13 heavy (non-hydrogen) atoms. The molecule has 0 heterocycles. The summed E-state index contributed by atoms with van der Waals surface area (Å²) in [6.45, 7) is 0. The van der Waals surface area contributed by atoms with E-state index in [0.29, 0.717) is 6.42 Å². The summed E-state index contributed by atoms with van der Waals surface area (Å²) in [5.41, 5.74) is 1.08. The zero-order valence-electron chi connectivity index (χ0n) is 8.08. The van der Waals surface area contributed by atoms with Gasteiger partial charge in [-0.15, -0.1) is 12.1 Å². The number of rotatable bonds is 3. The second kappa shape index (κ2) is 6.65. The van der Waals surface area contributed by atoms with Crippen LogP contribution < -0.4 is 24.2 Å². The summed E-state index contributed by atoms with van der Waals surface area (Å²) in [7, 11) is 1.64. The molecule has 1 rings (SSSR count). The topological polar surface area (TPSA) is 29.1 Å². The van der Waals surface area contributed by atoms with Crippen LogP contribution in [-0.2, 0) is 4.79 Å². The van der Waals surface area contributed by atoms with E-state index >= 15 is 0 Å². The summed E-state index contributed by atoms with van der Waals surface area (Å²) in [5.74, 6) is 0.0406. The maximum Gasteiger partial charge on any atom is 1.00 e. The number of carbonyl (C=O) groups excluding carboxylic acids is 1. The molecule has 0 aliphatic heterocycles. The van der Waals surface area contributed by atoms with Crippen LogP contribution in [0.2, 0.25) is 0 Å². The Morgan fingerprint density at radius 2 is 2.00 bits per heavy atom. The van der Waals surface area contributed by atoms with E-state index in [2.05, 4.69) is 5.32 Å². The largest absolute Gasteiger partial charge is 1.00 e. The molecule has 0 saturated carbocycles. The molecule has 0 fully saturated rings. The Kier molecular flexibility index (Phi) is 6.22. The molecule has 64 valence electrons. The predicted molar refractivity (Wildman–Crippen MR) is 48.5 cm³/mol. The Morgan fingerprint density at radius 3 is 2.54 bits per heavy atom. The van der Waals surface area contributed by atoms with E-state index in [1.165, 1.54) is 0 Å². The molecule has 1 amide bonds. The zero-order valence-corrected chi connectivity index (χ0v) is 8.08. The van der Waals surface area contributed by atoms with Crippen molar-refractivity contribution in [3.8, 4) is 0 Å². The number of amides is 1. The minimum atomic E-state index is 0. The summed E-state index contributed by atoms with van der Waals surface area (Å²) < 4.78 is 0. The van der Waals surface area contributed by atoms with E-state index in [-0.39, 0.29) is 24.8 Å². The van der Waals surface area contributed by atoms with Crippen LogP contribution in [0.5, 0.6) is 0 Å². The van der Waals surface area contributed by atoms with Crippen LogP contribution in [0, 0.1) is 6.42 Å². The maximum absolute atomic E-state index is 10.8. The number of hydrogen-bond acceptors (Lipinski definition) is 1. The molecule has 0 radical (unpaired) electrons. The minimum absolute atomic E-state index is 0. The number of benzene rings is 1. The third-order valence-electron chi connectivity index (χ3n) is 1.60. The first-order valence-electron chi connectivity index (χ1n) is 3.92. The molecule has 0 atom stereocenters. The Morgan fingerprint density at radius 1 is 1.38 bits per heavy atom. The fourth-order valence-electron chi connectivity index (χ4n) is 0.902. The van der Waals surface area contributed by atoms with Crippen molar-refractivity contribution < 1.29 is 23.7 Å². The van der Waals surface area contributed by atoms with Crippen molar-refractivity contribution in [2.24, 2.45) is 0 Å². The number of hydrogen-bond donors (Lipinski definition) is 1. The number of nitrogens with one attached hydrogen (secondary N) is 1. The number of carbonyl (C=O) groups is 1. The predicted octanol–water partition coefficient (Wildman–Crippen LogP) is -1.62. The molecule has 1 N–H and O–H groups in total. The van der Waals surface area contributed by atoms with Gasteiger partial charge in [-0.3, -0.25) is 4.79 Å². The van der Waals surface area contributed by atoms with Crippen LogP contribution in [0.25, 0.3) is 0 Å². The van der Waals surface area contributed by atoms with Gasteiger partial charge in [0, 0.05) is 13.5 Å². The van der Waals surface area contributed by atoms with Gasteiger partial charge in [0.05, 0.1) is 0 Å². The van der Waals surface area contributed by atoms with Gasteiger partial charge in [0.2, 0.25) is 5.91 Å². The van der Waals surface area contributed by atoms with E-state index in [9.17, 15) is 4.79 Å². The second-order valence-corrected chi connectivity index (χ2v) is 2.49. The summed E-state index contributed by atoms with van der Waals surface area (Å²) in [6, 6.07) is 9.81. The van der Waals surface area contributed by atoms with Crippen LogP contribution in [0.15, 0.2) is 30.3 Å². The standard InChI is InChI=1S/C10H12NO.Li/c1-11-10(12)8-7-9-5-3-2-4-6-9;/h2-7H,8H2,1H3,(H,11,12);/q-1;+1. The Bertz CT molecular complexity index is 248. The molecular formula is C10H12LiNO. The van der Waals surface area contributed by atoms with Crippen molar-refractivity contribution in [2.75, 3.05) is 7.05 Å². The van der Waals surface area contributed by atoms with E-state index in [0.717, 1.165) is 5.56 Å². The fraction of sp³-hybridized carbons (Fsp3) is 0.200. The van der Waals surface area contributed by atoms with E-state index in [4.69, 9.17) is 0 Å². The molecule has 3 heteroatoms. The van der Waals surface area contributed by atoms with Crippen molar-refractivity contribution >= 4 is 5.91 Å². The summed E-state index contributed by atoms with van der Waals surface area (Å²) in [6.07, 6.45) is 2.35. The van der Waals surface area contributed by atoms with Crippen molar-refractivity contribution in [1.82, 2.24) is 5.32 Å². The maximum atomic E-state index is 10.8. The molecule has 0 aliphatic rings. The Hall–Kier alpha value is -0.843. The van der Waals surface area contributed by atoms with E-state index < -0.39 is 0 Å². The van der Waals surface area contributed by atoms with E-state index in [1.807, 2.05) is 36.8 Å². The van der Waals surface area contributed by atoms with Crippen LogP contribution in [0.3, 0.4) is 0 Å². The van der Waals surface area contributed by atoms with Crippen LogP contribution in [-0.4, -0.2) is 13.0 Å². The normalized spacial score (nSPS) is 8.38. The van der Waals surface area contributed by atoms with Gasteiger partial charge in [0.15, 0.2) is 0 Å². The molecule has 2 nitrogen and oxygen atoms in total. The Labute approximate surface area is 90.9 Å². The van der Waals surface area contributed by atoms with Gasteiger partial charge in [0.1, 0.15) is 0 Å². The molecular weight excluding hydrogens is 157 g/mol. The smallest absolute Gasteiger partial charge is 0.360 e. The first kappa shape index (κ1) is 12.2. The van der Waals surface area contributed by atoms with Gasteiger partial charge < -0.3 is 5.32 Å². The molecule has 0 bridgehead atoms. The molecule has 0 saturated heterocycles. The van der Waals surface area contributed by atoms with Crippen molar-refractivity contribution in [3.63, 3.8) is 0 Å². The minimum Gasteiger partial charge on any atom is -0.360 e. The van der Waals surface area contributed by atoms with Crippen LogP contribution in [0.4, 0.5) is 0 Å². The first-order chi connectivity index (χ1) is 5.83. The molecule has 0 aromatic heterocycles. The van der Waals surface area contributed by atoms with Crippen LogP contribution >= 0.6 is 0 Å². The zero-order chi connectivity index (χ0) is 8.81. The van der Waals surface area contributed by atoms with Gasteiger partial charge in [-0.25, -0.2) is 0 Å². The summed E-state index contributed by atoms with van der Waals surface area (Å²) in [5, 5.41) is 2.57. The van der Waals surface area contributed by atoms with E-state index in [1.54, 1.807) is 7.05 Å². The van der Waals surface area contributed by atoms with Gasteiger partial charge >= 0.3 is 18.9 Å². The van der Waals surface area contributed by atoms with Crippen molar-refractivity contribution in [3.05, 3.63) is 42.3 Å². The average molecular weight is 169 g/mol. The summed E-state index contributed by atoms with van der Waals surface area (Å²) >= 11 is 0. The monoisotopic (exact) mass is 169 g/mol. The Balaban J connectivity index is 0.00000144. The quantitative estimate of drug-likeness (QED) is 0.427. The second-order valence-electron chi connectivity index (χ2n) is 2.49. The average Bonchev–Trinajstić information content (AvgIpc) is 2.16. The molecule has 1 aromatic rings. The van der Waals surface area contributed by atoms with Crippen LogP contribution in [0.1, 0.15) is 12.0 Å². The molecule has 0 spiro atoms. The third kappa shape index (κ3) is 4.67. The molecule has 0 unspecified atom stereocenters. The van der Waals surface area contributed by atoms with Gasteiger partial charge in [-0.2, -0.15) is 24.1 Å². The SMILES string of the molecule is CNC(=O)C[CH-]c1ccccc1.[Li+]. The van der Waals surface area contributed by atoms with Crippen molar-refractivity contribution in [2.45, 2.75) is 6.42 Å². The third-order valence-corrected chi connectivity index (χ3v) is 1.60. The molecule has 1 aromatic carbocycles. The van der Waals surface area contributed by atoms with Gasteiger partial charge in [0.25, 0.3) is 0 Å². The van der Waals surface area contributed by atoms with Gasteiger partial charge in [-0.05, 0) is 0 Å². The van der Waals surface area contributed by atoms with Gasteiger partial charge in [-0.1, -0.05) is 6.07 Å². The summed E-state index contributed by atoms with van der Waals surface area (Å²) in [4.78, 5) is 10.8. The first-order valence-corrected chi connectivity index (χ1v) is 3.92. The van der Waals surface area contributed by atoms with Crippen molar-refractivity contribution in [1.29, 1.82) is 0 Å². The fourth-order valence-corrected chi connectivity index (χ4v) is 0.902.